The molecular formula is C7H12N2O3. The van der Waals surface area contributed by atoms with Crippen molar-refractivity contribution in [3.8, 4) is 0 Å². The fourth-order valence-corrected chi connectivity index (χ4v) is 1.03. The molecule has 1 amide bonds. The maximum Gasteiger partial charge on any atom is 0.326 e. The second-order valence-electron chi connectivity index (χ2n) is 2.77. The summed E-state index contributed by atoms with van der Waals surface area (Å²) in [5, 5.41) is 0. The molecular weight excluding hydrogens is 160 g/mol. The molecule has 0 radical (unpaired) electrons. The first kappa shape index (κ1) is 8.99. The van der Waals surface area contributed by atoms with E-state index in [1.807, 2.05) is 0 Å². The zero-order valence-electron chi connectivity index (χ0n) is 6.95. The van der Waals surface area contributed by atoms with Crippen LogP contribution in [0.5, 0.6) is 0 Å². The van der Waals surface area contributed by atoms with Crippen LogP contribution in [0.4, 0.5) is 0 Å². The van der Waals surface area contributed by atoms with Crippen molar-refractivity contribution < 1.29 is 14.3 Å². The first-order valence-electron chi connectivity index (χ1n) is 3.80. The van der Waals surface area contributed by atoms with Crippen LogP contribution in [0.1, 0.15) is 6.92 Å². The van der Waals surface area contributed by atoms with Crippen molar-refractivity contribution in [1.29, 1.82) is 0 Å². The Morgan fingerprint density at radius 2 is 2.33 bits per heavy atom. The molecule has 0 aliphatic carbocycles. The number of carbonyl (C=O) groups excluding carboxylic acids is 2. The summed E-state index contributed by atoms with van der Waals surface area (Å²) in [4.78, 5) is 23.4. The standard InChI is InChI=1S/C7H12N2O3/c1-5(2-8)9-3-7(11)12-4-6(9)10/h5H,2-4,8H2,1H3. The number of hydrogen-bond acceptors (Lipinski definition) is 4. The maximum atomic E-state index is 11.1. The highest BCUT2D eigenvalue weighted by Gasteiger charge is 2.27. The highest BCUT2D eigenvalue weighted by molar-refractivity contribution is 5.88. The second-order valence-corrected chi connectivity index (χ2v) is 2.77. The zero-order chi connectivity index (χ0) is 9.14. The normalized spacial score (nSPS) is 20.7. The quantitative estimate of drug-likeness (QED) is 0.526. The van der Waals surface area contributed by atoms with Gasteiger partial charge in [-0.25, -0.2) is 0 Å². The first-order valence-corrected chi connectivity index (χ1v) is 3.80. The number of morpholine rings is 1. The van der Waals surface area contributed by atoms with E-state index in [4.69, 9.17) is 5.73 Å². The monoisotopic (exact) mass is 172 g/mol. The number of nitrogens with two attached hydrogens (primary N) is 1. The lowest BCUT2D eigenvalue weighted by molar-refractivity contribution is -0.164. The summed E-state index contributed by atoms with van der Waals surface area (Å²) < 4.78 is 4.54. The molecule has 5 heteroatoms. The van der Waals surface area contributed by atoms with Gasteiger partial charge in [0.1, 0.15) is 6.54 Å². The van der Waals surface area contributed by atoms with E-state index in [-0.39, 0.29) is 31.1 Å². The van der Waals surface area contributed by atoms with Gasteiger partial charge < -0.3 is 15.4 Å². The molecule has 1 heterocycles. The van der Waals surface area contributed by atoms with E-state index in [0.717, 1.165) is 0 Å². The average molecular weight is 172 g/mol. The highest BCUT2D eigenvalue weighted by atomic mass is 16.5. The van der Waals surface area contributed by atoms with Gasteiger partial charge in [0.25, 0.3) is 5.91 Å². The summed E-state index contributed by atoms with van der Waals surface area (Å²) in [6, 6.07) is -0.0923. The Balaban J connectivity index is 2.60. The van der Waals surface area contributed by atoms with Crippen molar-refractivity contribution in [3.63, 3.8) is 0 Å². The van der Waals surface area contributed by atoms with Crippen LogP contribution in [-0.2, 0) is 14.3 Å². The summed E-state index contributed by atoms with van der Waals surface area (Å²) in [7, 11) is 0. The van der Waals surface area contributed by atoms with Gasteiger partial charge in [0.05, 0.1) is 0 Å². The van der Waals surface area contributed by atoms with Crippen LogP contribution in [0.3, 0.4) is 0 Å². The number of carbonyl (C=O) groups is 2. The van der Waals surface area contributed by atoms with E-state index >= 15 is 0 Å². The van der Waals surface area contributed by atoms with Gasteiger partial charge in [0.2, 0.25) is 0 Å². The predicted octanol–water partition coefficient (Wildman–Crippen LogP) is -1.28. The fourth-order valence-electron chi connectivity index (χ4n) is 1.03. The Morgan fingerprint density at radius 3 is 2.92 bits per heavy atom. The lowest BCUT2D eigenvalue weighted by Crippen LogP contribution is -2.51. The fraction of sp³-hybridized carbons (Fsp3) is 0.714. The number of cyclic esters (lactones) is 1. The van der Waals surface area contributed by atoms with E-state index in [9.17, 15) is 9.59 Å². The molecule has 0 aromatic carbocycles. The minimum Gasteiger partial charge on any atom is -0.454 e. The molecule has 1 rings (SSSR count). The van der Waals surface area contributed by atoms with Gasteiger partial charge in [-0.05, 0) is 6.92 Å². The molecule has 12 heavy (non-hydrogen) atoms. The topological polar surface area (TPSA) is 72.6 Å². The van der Waals surface area contributed by atoms with E-state index in [1.54, 1.807) is 6.92 Å². The Hall–Kier alpha value is -1.10. The lowest BCUT2D eigenvalue weighted by Gasteiger charge is -2.30. The number of ether oxygens (including phenoxy) is 1. The summed E-state index contributed by atoms with van der Waals surface area (Å²) in [6.07, 6.45) is 0. The van der Waals surface area contributed by atoms with Crippen LogP contribution in [0.25, 0.3) is 0 Å². The summed E-state index contributed by atoms with van der Waals surface area (Å²) in [5.74, 6) is -0.539. The van der Waals surface area contributed by atoms with Crippen molar-refractivity contribution >= 4 is 11.9 Å². The number of amides is 1. The van der Waals surface area contributed by atoms with Crippen LogP contribution in [0.2, 0.25) is 0 Å². The lowest BCUT2D eigenvalue weighted by atomic mass is 10.2. The maximum absolute atomic E-state index is 11.1. The number of nitrogens with zero attached hydrogens (tertiary/aromatic N) is 1. The Kier molecular flexibility index (Phi) is 2.65. The van der Waals surface area contributed by atoms with Crippen molar-refractivity contribution in [3.05, 3.63) is 0 Å². The molecule has 0 saturated carbocycles. The Morgan fingerprint density at radius 1 is 1.67 bits per heavy atom. The number of hydrogen-bond donors (Lipinski definition) is 1. The summed E-state index contributed by atoms with van der Waals surface area (Å²) >= 11 is 0. The van der Waals surface area contributed by atoms with Crippen molar-refractivity contribution in [2.45, 2.75) is 13.0 Å². The zero-order valence-corrected chi connectivity index (χ0v) is 6.95. The van der Waals surface area contributed by atoms with E-state index in [2.05, 4.69) is 4.74 Å². The number of rotatable bonds is 2. The smallest absolute Gasteiger partial charge is 0.326 e. The third kappa shape index (κ3) is 1.73. The highest BCUT2D eigenvalue weighted by Crippen LogP contribution is 2.04. The molecule has 0 bridgehead atoms. The summed E-state index contributed by atoms with van der Waals surface area (Å²) in [6.45, 7) is 2.04. The molecule has 1 unspecified atom stereocenters. The minimum absolute atomic E-state index is 0.0250. The van der Waals surface area contributed by atoms with Crippen LogP contribution in [0.15, 0.2) is 0 Å². The molecule has 2 N–H and O–H groups in total. The van der Waals surface area contributed by atoms with E-state index in [0.29, 0.717) is 6.54 Å². The molecule has 1 saturated heterocycles. The molecule has 0 aromatic heterocycles. The predicted molar refractivity (Wildman–Crippen MR) is 41.2 cm³/mol. The molecule has 5 nitrogen and oxygen atoms in total. The number of esters is 1. The van der Waals surface area contributed by atoms with Gasteiger partial charge in [-0.2, -0.15) is 0 Å². The van der Waals surface area contributed by atoms with Crippen LogP contribution in [-0.4, -0.2) is 42.5 Å². The first-order chi connectivity index (χ1) is 5.65. The third-order valence-electron chi connectivity index (χ3n) is 1.85. The molecule has 1 atom stereocenters. The van der Waals surface area contributed by atoms with Crippen LogP contribution in [0, 0.1) is 0 Å². The van der Waals surface area contributed by atoms with E-state index in [1.165, 1.54) is 4.90 Å². The SMILES string of the molecule is CC(CN)N1CC(=O)OCC1=O. The van der Waals surface area contributed by atoms with Gasteiger partial charge in [-0.3, -0.25) is 9.59 Å². The van der Waals surface area contributed by atoms with Crippen molar-refractivity contribution in [2.75, 3.05) is 19.7 Å². The van der Waals surface area contributed by atoms with Gasteiger partial charge >= 0.3 is 5.97 Å². The van der Waals surface area contributed by atoms with Gasteiger partial charge in [-0.1, -0.05) is 0 Å². The van der Waals surface area contributed by atoms with Crippen molar-refractivity contribution in [1.82, 2.24) is 4.90 Å². The molecule has 1 aliphatic rings. The molecule has 1 aliphatic heterocycles. The van der Waals surface area contributed by atoms with Gasteiger partial charge in [0, 0.05) is 12.6 Å². The molecule has 0 aromatic rings. The third-order valence-corrected chi connectivity index (χ3v) is 1.85. The van der Waals surface area contributed by atoms with Gasteiger partial charge in [0.15, 0.2) is 6.61 Å². The van der Waals surface area contributed by atoms with Crippen LogP contribution >= 0.6 is 0 Å². The summed E-state index contributed by atoms with van der Waals surface area (Å²) in [5.41, 5.74) is 5.36. The molecule has 1 fully saturated rings. The van der Waals surface area contributed by atoms with Crippen molar-refractivity contribution in [2.24, 2.45) is 5.73 Å². The largest absolute Gasteiger partial charge is 0.454 e. The van der Waals surface area contributed by atoms with Gasteiger partial charge in [-0.15, -0.1) is 0 Å². The molecule has 0 spiro atoms. The average Bonchev–Trinajstić information content (AvgIpc) is 2.08. The Bertz CT molecular complexity index is 205. The second kappa shape index (κ2) is 3.53. The van der Waals surface area contributed by atoms with Crippen LogP contribution < -0.4 is 5.73 Å². The Labute approximate surface area is 70.5 Å². The molecule has 68 valence electrons. The van der Waals surface area contributed by atoms with E-state index < -0.39 is 0 Å². The minimum atomic E-state index is -0.366.